The van der Waals surface area contributed by atoms with E-state index in [0.29, 0.717) is 18.7 Å². The molecular weight excluding hydrogens is 178 g/mol. The molecule has 0 radical (unpaired) electrons. The fourth-order valence-corrected chi connectivity index (χ4v) is 1.20. The van der Waals surface area contributed by atoms with Crippen molar-refractivity contribution in [2.45, 2.75) is 20.3 Å². The second-order valence-electron chi connectivity index (χ2n) is 3.09. The number of hydrogen-bond acceptors (Lipinski definition) is 3. The fraction of sp³-hybridized carbons (Fsp3) is 0.364. The molecule has 0 aliphatic carbocycles. The lowest BCUT2D eigenvalue weighted by Crippen LogP contribution is -1.97. The zero-order valence-electron chi connectivity index (χ0n) is 8.53. The molecule has 1 N–H and O–H groups in total. The van der Waals surface area contributed by atoms with Crippen LogP contribution in [0.1, 0.15) is 19.4 Å². The number of benzene rings is 1. The molecule has 0 saturated carbocycles. The smallest absolute Gasteiger partial charge is 0.119 e. The Balaban J connectivity index is 2.64. The number of hydrogen-bond donors (Lipinski definition) is 1. The lowest BCUT2D eigenvalue weighted by molar-refractivity contribution is 0.317. The molecule has 14 heavy (non-hydrogen) atoms. The van der Waals surface area contributed by atoms with Crippen molar-refractivity contribution in [3.8, 4) is 5.75 Å². The van der Waals surface area contributed by atoms with E-state index in [9.17, 15) is 0 Å². The molecule has 3 heteroatoms. The molecule has 1 aromatic carbocycles. The summed E-state index contributed by atoms with van der Waals surface area (Å²) < 4.78 is 5.31. The summed E-state index contributed by atoms with van der Waals surface area (Å²) in [6.45, 7) is 4.42. The molecule has 0 aliphatic rings. The number of rotatable bonds is 4. The van der Waals surface area contributed by atoms with Crippen LogP contribution in [-0.4, -0.2) is 17.5 Å². The van der Waals surface area contributed by atoms with E-state index in [4.69, 9.17) is 9.94 Å². The van der Waals surface area contributed by atoms with Crippen LogP contribution in [0.5, 0.6) is 5.75 Å². The Bertz CT molecular complexity index is 304. The van der Waals surface area contributed by atoms with Crippen LogP contribution in [-0.2, 0) is 6.42 Å². The lowest BCUT2D eigenvalue weighted by Gasteiger charge is -2.04. The number of nitrogens with zero attached hydrogens (tertiary/aromatic N) is 1. The maximum atomic E-state index is 8.50. The van der Waals surface area contributed by atoms with Crippen LogP contribution >= 0.6 is 0 Å². The van der Waals surface area contributed by atoms with E-state index in [1.807, 2.05) is 31.2 Å². The molecular formula is C11H15NO2. The lowest BCUT2D eigenvalue weighted by atomic mass is 10.1. The largest absolute Gasteiger partial charge is 0.494 e. The summed E-state index contributed by atoms with van der Waals surface area (Å²) in [5.74, 6) is 0.870. The maximum absolute atomic E-state index is 8.50. The molecule has 0 aliphatic heterocycles. The quantitative estimate of drug-likeness (QED) is 0.453. The van der Waals surface area contributed by atoms with Crippen molar-refractivity contribution in [1.82, 2.24) is 0 Å². The van der Waals surface area contributed by atoms with Crippen LogP contribution in [0.3, 0.4) is 0 Å². The van der Waals surface area contributed by atoms with Gasteiger partial charge in [-0.2, -0.15) is 0 Å². The second kappa shape index (κ2) is 5.27. The van der Waals surface area contributed by atoms with Gasteiger partial charge in [-0.25, -0.2) is 0 Å². The van der Waals surface area contributed by atoms with E-state index in [2.05, 4.69) is 5.16 Å². The van der Waals surface area contributed by atoms with E-state index in [-0.39, 0.29) is 0 Å². The van der Waals surface area contributed by atoms with Crippen LogP contribution in [0.4, 0.5) is 0 Å². The summed E-state index contributed by atoms with van der Waals surface area (Å²) >= 11 is 0. The van der Waals surface area contributed by atoms with Gasteiger partial charge >= 0.3 is 0 Å². The summed E-state index contributed by atoms with van der Waals surface area (Å²) in [5, 5.41) is 11.6. The van der Waals surface area contributed by atoms with E-state index in [1.54, 1.807) is 6.92 Å². The van der Waals surface area contributed by atoms with E-state index in [1.165, 1.54) is 0 Å². The third-order valence-corrected chi connectivity index (χ3v) is 1.87. The first-order valence-corrected chi connectivity index (χ1v) is 4.65. The molecule has 0 atom stereocenters. The summed E-state index contributed by atoms with van der Waals surface area (Å²) in [4.78, 5) is 0. The molecule has 0 heterocycles. The topological polar surface area (TPSA) is 41.8 Å². The van der Waals surface area contributed by atoms with E-state index in [0.717, 1.165) is 11.3 Å². The Morgan fingerprint density at radius 3 is 2.50 bits per heavy atom. The van der Waals surface area contributed by atoms with Gasteiger partial charge in [-0.3, -0.25) is 0 Å². The van der Waals surface area contributed by atoms with Gasteiger partial charge in [-0.1, -0.05) is 17.3 Å². The van der Waals surface area contributed by atoms with Gasteiger partial charge in [0.15, 0.2) is 0 Å². The summed E-state index contributed by atoms with van der Waals surface area (Å²) in [7, 11) is 0. The van der Waals surface area contributed by atoms with Crippen molar-refractivity contribution in [2.24, 2.45) is 5.16 Å². The van der Waals surface area contributed by atoms with Crippen LogP contribution < -0.4 is 4.74 Å². The van der Waals surface area contributed by atoms with E-state index < -0.39 is 0 Å². The highest BCUT2D eigenvalue weighted by atomic mass is 16.5. The zero-order chi connectivity index (χ0) is 10.4. The third-order valence-electron chi connectivity index (χ3n) is 1.87. The minimum Gasteiger partial charge on any atom is -0.494 e. The molecule has 0 aromatic heterocycles. The van der Waals surface area contributed by atoms with Crippen molar-refractivity contribution < 1.29 is 9.94 Å². The predicted octanol–water partition coefficient (Wildman–Crippen LogP) is 2.48. The monoisotopic (exact) mass is 193 g/mol. The fourth-order valence-electron chi connectivity index (χ4n) is 1.20. The first-order valence-electron chi connectivity index (χ1n) is 4.65. The molecule has 1 aromatic rings. The van der Waals surface area contributed by atoms with Gasteiger partial charge in [0.2, 0.25) is 0 Å². The Labute approximate surface area is 84.0 Å². The maximum Gasteiger partial charge on any atom is 0.119 e. The molecule has 3 nitrogen and oxygen atoms in total. The van der Waals surface area contributed by atoms with Gasteiger partial charge in [-0.05, 0) is 31.5 Å². The van der Waals surface area contributed by atoms with Gasteiger partial charge in [0.25, 0.3) is 0 Å². The zero-order valence-corrected chi connectivity index (χ0v) is 8.53. The van der Waals surface area contributed by atoms with Gasteiger partial charge in [-0.15, -0.1) is 0 Å². The first kappa shape index (κ1) is 10.6. The average molecular weight is 193 g/mol. The standard InChI is InChI=1S/C11H15NO2/c1-3-14-11-6-4-10(5-7-11)8-9(2)12-13/h4-7,13H,3,8H2,1-2H3/b12-9+. The second-order valence-corrected chi connectivity index (χ2v) is 3.09. The van der Waals surface area contributed by atoms with Crippen molar-refractivity contribution >= 4 is 5.71 Å². The molecule has 76 valence electrons. The highest BCUT2D eigenvalue weighted by Gasteiger charge is 1.97. The molecule has 0 spiro atoms. The minimum absolute atomic E-state index is 0.670. The van der Waals surface area contributed by atoms with Gasteiger partial charge < -0.3 is 9.94 Å². The predicted molar refractivity (Wildman–Crippen MR) is 56.2 cm³/mol. The molecule has 0 fully saturated rings. The number of ether oxygens (including phenoxy) is 1. The van der Waals surface area contributed by atoms with Crippen LogP contribution in [0, 0.1) is 0 Å². The molecule has 0 amide bonds. The Morgan fingerprint density at radius 2 is 2.00 bits per heavy atom. The van der Waals surface area contributed by atoms with Gasteiger partial charge in [0.1, 0.15) is 5.75 Å². The molecule has 1 rings (SSSR count). The Morgan fingerprint density at radius 1 is 1.36 bits per heavy atom. The Hall–Kier alpha value is -1.51. The number of oxime groups is 1. The summed E-state index contributed by atoms with van der Waals surface area (Å²) in [5.41, 5.74) is 1.82. The third kappa shape index (κ3) is 3.09. The molecule has 0 bridgehead atoms. The summed E-state index contributed by atoms with van der Waals surface area (Å²) in [6, 6.07) is 7.78. The Kier molecular flexibility index (Phi) is 3.98. The SMILES string of the molecule is CCOc1ccc(C/C(C)=N/O)cc1. The molecule has 0 unspecified atom stereocenters. The van der Waals surface area contributed by atoms with Crippen molar-refractivity contribution in [3.05, 3.63) is 29.8 Å². The average Bonchev–Trinajstić information content (AvgIpc) is 2.21. The highest BCUT2D eigenvalue weighted by Crippen LogP contribution is 2.12. The van der Waals surface area contributed by atoms with Gasteiger partial charge in [0.05, 0.1) is 12.3 Å². The van der Waals surface area contributed by atoms with Crippen LogP contribution in [0.15, 0.2) is 29.4 Å². The van der Waals surface area contributed by atoms with Crippen LogP contribution in [0.2, 0.25) is 0 Å². The van der Waals surface area contributed by atoms with Crippen molar-refractivity contribution in [1.29, 1.82) is 0 Å². The minimum atomic E-state index is 0.670. The van der Waals surface area contributed by atoms with E-state index >= 15 is 0 Å². The highest BCUT2D eigenvalue weighted by molar-refractivity contribution is 5.83. The van der Waals surface area contributed by atoms with Crippen molar-refractivity contribution in [2.75, 3.05) is 6.61 Å². The van der Waals surface area contributed by atoms with Gasteiger partial charge in [0, 0.05) is 6.42 Å². The summed E-state index contributed by atoms with van der Waals surface area (Å²) in [6.07, 6.45) is 0.670. The normalized spacial score (nSPS) is 11.4. The first-order chi connectivity index (χ1) is 6.76. The van der Waals surface area contributed by atoms with Crippen LogP contribution in [0.25, 0.3) is 0 Å². The molecule has 0 saturated heterocycles. The van der Waals surface area contributed by atoms with Crippen molar-refractivity contribution in [3.63, 3.8) is 0 Å².